The van der Waals surface area contributed by atoms with Crippen LogP contribution in [0.15, 0.2) is 24.3 Å². The van der Waals surface area contributed by atoms with Crippen LogP contribution in [0.25, 0.3) is 43.1 Å². The minimum atomic E-state index is -7.01. The summed E-state index contributed by atoms with van der Waals surface area (Å²) >= 11 is 0. The van der Waals surface area contributed by atoms with Crippen molar-refractivity contribution in [2.24, 2.45) is 0 Å². The highest BCUT2D eigenvalue weighted by atomic mass is 31.1. The molecule has 0 spiro atoms. The maximum Gasteiger partial charge on any atom is 0.424 e. The third-order valence-corrected chi connectivity index (χ3v) is 18.6. The van der Waals surface area contributed by atoms with Crippen LogP contribution >= 0.6 is 7.92 Å². The maximum absolute atomic E-state index is 17.3. The molecule has 0 saturated carbocycles. The van der Waals surface area contributed by atoms with Crippen LogP contribution in [0.4, 0.5) is 154 Å². The predicted molar refractivity (Wildman–Crippen MR) is 272 cm³/mol. The molecule has 9 aromatic carbocycles. The first-order chi connectivity index (χ1) is 44.0. The van der Waals surface area contributed by atoms with E-state index in [4.69, 9.17) is 0 Å². The normalized spacial score (nSPS) is 12.9. The van der Waals surface area contributed by atoms with Crippen molar-refractivity contribution in [1.82, 2.24) is 0 Å². The Hall–Kier alpha value is -7.94. The SMILES string of the molecule is CCCCCCC(F)(F)C(F)(F)C(F)(F)[PH+](CCC)c1c(F)c(F)c(F)c(F)c1F.Fc1cc2c([B-](c3c(F)c(F)c(F)c4c(F)c(F)c(F)cc34)(c3c(F)c(F)c(F)c4c(F)c(F)c(F)cc34)c3c(F)c(F)c(F)c4c(F)c(F)c(F)cc34)c(F)c(F)c(F)c2c(F)c1F. The lowest BCUT2D eigenvalue weighted by Crippen LogP contribution is -2.78. The molecule has 0 bridgehead atoms. The number of alkyl halides is 6. The molecule has 0 heterocycles. The van der Waals surface area contributed by atoms with E-state index in [0.717, 1.165) is 6.92 Å². The van der Waals surface area contributed by atoms with Gasteiger partial charge in [0.15, 0.2) is 122 Å². The summed E-state index contributed by atoms with van der Waals surface area (Å²) in [6.07, 6.45) is -9.69. The topological polar surface area (TPSA) is 0 Å². The Labute approximate surface area is 506 Å². The van der Waals surface area contributed by atoms with Crippen LogP contribution in [0.1, 0.15) is 52.4 Å². The van der Waals surface area contributed by atoms with Crippen molar-refractivity contribution in [3.05, 3.63) is 193 Å². The molecule has 0 aliphatic carbocycles. The molecule has 1 unspecified atom stereocenters. The third kappa shape index (κ3) is 10.7. The first-order valence-electron chi connectivity index (χ1n) is 26.2. The first-order valence-corrected chi connectivity index (χ1v) is 27.9. The second-order valence-corrected chi connectivity index (χ2v) is 23.3. The predicted octanol–water partition coefficient (Wildman–Crippen LogP) is 18.5. The van der Waals surface area contributed by atoms with Crippen molar-refractivity contribution in [3.8, 4) is 0 Å². The van der Waals surface area contributed by atoms with Crippen LogP contribution in [0.5, 0.6) is 0 Å². The van der Waals surface area contributed by atoms with Crippen LogP contribution in [0, 0.1) is 169 Å². The van der Waals surface area contributed by atoms with Gasteiger partial charge in [0.25, 0.3) is 0 Å². The van der Waals surface area contributed by atoms with E-state index in [1.165, 1.54) is 0 Å². The fourth-order valence-corrected chi connectivity index (χ4v) is 14.0. The molecule has 0 aliphatic rings. The van der Waals surface area contributed by atoms with Crippen LogP contribution in [0.2, 0.25) is 0 Å². The van der Waals surface area contributed by atoms with E-state index in [1.54, 1.807) is 6.92 Å². The summed E-state index contributed by atoms with van der Waals surface area (Å²) in [4.78, 5) is 0. The van der Waals surface area contributed by atoms with Gasteiger partial charge < -0.3 is 0 Å². The molecule has 0 radical (unpaired) electrons. The zero-order chi connectivity index (χ0) is 71.6. The molecule has 0 saturated heterocycles. The average Bonchev–Trinajstić information content (AvgIpc) is 0.668. The number of hydrogen-bond donors (Lipinski definition) is 0. The van der Waals surface area contributed by atoms with Crippen molar-refractivity contribution < 1.29 is 154 Å². The minimum absolute atomic E-state index is 0.0676. The van der Waals surface area contributed by atoms with Gasteiger partial charge in [-0.25, -0.2) is 119 Å². The van der Waals surface area contributed by atoms with Crippen molar-refractivity contribution in [3.63, 3.8) is 0 Å². The van der Waals surface area contributed by atoms with Gasteiger partial charge in [-0.3, -0.25) is 0 Å². The van der Waals surface area contributed by atoms with Crippen molar-refractivity contribution in [2.45, 2.75) is 69.9 Å². The van der Waals surface area contributed by atoms with Crippen LogP contribution < -0.4 is 27.2 Å². The summed E-state index contributed by atoms with van der Waals surface area (Å²) in [5.41, 5.74) is -17.8. The largest absolute Gasteiger partial charge is 0.424 e. The zero-order valence-corrected chi connectivity index (χ0v) is 47.1. The van der Waals surface area contributed by atoms with Gasteiger partial charge in [-0.1, -0.05) is 33.1 Å². The molecule has 0 nitrogen and oxygen atoms in total. The fourth-order valence-electron chi connectivity index (χ4n) is 11.3. The van der Waals surface area contributed by atoms with Crippen LogP contribution in [-0.4, -0.2) is 29.8 Å². The molecule has 0 aromatic heterocycles. The van der Waals surface area contributed by atoms with Gasteiger partial charge in [0.1, 0.15) is 37.3 Å². The Morgan fingerprint density at radius 2 is 0.526 bits per heavy atom. The lowest BCUT2D eigenvalue weighted by molar-refractivity contribution is -0.280. The third-order valence-electron chi connectivity index (χ3n) is 15.5. The number of hydrogen-bond acceptors (Lipinski definition) is 0. The Kier molecular flexibility index (Phi) is 19.6. The van der Waals surface area contributed by atoms with E-state index in [-0.39, 0.29) is 6.42 Å². The van der Waals surface area contributed by atoms with Crippen LogP contribution in [-0.2, 0) is 0 Å². The molecule has 95 heavy (non-hydrogen) atoms. The number of unbranched alkanes of at least 4 members (excludes halogenated alkanes) is 3. The maximum atomic E-state index is 17.3. The standard InChI is InChI=1S/C40H4BF24.C18H20F11P/c42-9-1-5-13(25(50)21(9)46)29(54)37(62)33(58)17(5)41(18-6-2-10(43)22(47)26(51)14(6)30(55)38(63)34(18)59,19-7-3-11(44)23(48)27(52)15(7)31(56)39(64)35(19)60)20-8-4-12(45)24(49)28(53)16(8)32(57)40(65)36(20)61;1-3-5-6-7-8-16(24,25)17(26,27)18(28,29)30(9-4-2)15-13(22)11(20)10(19)12(21)14(15)23/h1-4H;3-9H2,1-2H3/q-1;/p+1. The molecule has 0 fully saturated rings. The summed E-state index contributed by atoms with van der Waals surface area (Å²) in [6.45, 7) is 2.82. The number of rotatable bonds is 15. The van der Waals surface area contributed by atoms with E-state index >= 15 is 87.8 Å². The quantitative estimate of drug-likeness (QED) is 0.0240. The van der Waals surface area contributed by atoms with E-state index in [1.807, 2.05) is 0 Å². The van der Waals surface area contributed by atoms with Crippen molar-refractivity contribution >= 4 is 84.3 Å². The molecule has 510 valence electrons. The van der Waals surface area contributed by atoms with E-state index in [0.29, 0.717) is 12.8 Å². The lowest BCUT2D eigenvalue weighted by atomic mass is 9.11. The summed E-state index contributed by atoms with van der Waals surface area (Å²) in [5.74, 6) is -100. The first kappa shape index (κ1) is 72.9. The van der Waals surface area contributed by atoms with Crippen LogP contribution in [0.3, 0.4) is 0 Å². The zero-order valence-electron chi connectivity index (χ0n) is 46.1. The molecule has 0 amide bonds. The van der Waals surface area contributed by atoms with E-state index in [2.05, 4.69) is 0 Å². The number of halogens is 35. The highest BCUT2D eigenvalue weighted by Gasteiger charge is 2.78. The lowest BCUT2D eigenvalue weighted by Gasteiger charge is -2.47. The number of benzene rings is 9. The smallest absolute Gasteiger partial charge is 0.207 e. The second-order valence-electron chi connectivity index (χ2n) is 20.8. The molecule has 37 heteroatoms. The Morgan fingerprint density at radius 1 is 0.284 bits per heavy atom. The Bertz CT molecular complexity index is 4190. The summed E-state index contributed by atoms with van der Waals surface area (Å²) < 4.78 is 534. The van der Waals surface area contributed by atoms with Gasteiger partial charge in [-0.2, -0.15) is 35.1 Å². The molecule has 0 aliphatic heterocycles. The number of fused-ring (bicyclic) bond motifs is 4. The van der Waals surface area contributed by atoms with Crippen molar-refractivity contribution in [2.75, 3.05) is 6.16 Å². The highest BCUT2D eigenvalue weighted by molar-refractivity contribution is 7.66. The Balaban J connectivity index is 0.000000324. The molecular formula is C58H25BF35P. The minimum Gasteiger partial charge on any atom is -0.207 e. The van der Waals surface area contributed by atoms with Gasteiger partial charge in [-0.15, -0.1) is 21.9 Å². The van der Waals surface area contributed by atoms with Gasteiger partial charge in [0.05, 0.1) is 27.7 Å². The van der Waals surface area contributed by atoms with E-state index < -0.39 is 320 Å². The van der Waals surface area contributed by atoms with Gasteiger partial charge in [-0.05, 0) is 58.7 Å². The molecule has 9 rings (SSSR count). The summed E-state index contributed by atoms with van der Waals surface area (Å²) in [5, 5.41) is -22.7. The second kappa shape index (κ2) is 25.6. The van der Waals surface area contributed by atoms with Gasteiger partial charge in [0, 0.05) is 6.42 Å². The summed E-state index contributed by atoms with van der Waals surface area (Å²) in [6, 6.07) is -3.25. The van der Waals surface area contributed by atoms with E-state index in [9.17, 15) is 65.9 Å². The van der Waals surface area contributed by atoms with Gasteiger partial charge >= 0.3 is 17.5 Å². The average molecular weight is 1430 g/mol. The molecular weight excluding hydrogens is 1400 g/mol. The van der Waals surface area contributed by atoms with Gasteiger partial charge in [0.2, 0.25) is 29.1 Å². The Morgan fingerprint density at radius 3 is 0.779 bits per heavy atom. The molecule has 9 aromatic rings. The fraction of sp³-hybridized carbons (Fsp3) is 0.207. The van der Waals surface area contributed by atoms with Crippen molar-refractivity contribution in [1.29, 1.82) is 0 Å². The molecule has 0 N–H and O–H groups in total. The molecule has 1 atom stereocenters. The monoisotopic (exact) mass is 1430 g/mol. The summed E-state index contributed by atoms with van der Waals surface area (Å²) in [7, 11) is -4.70. The highest BCUT2D eigenvalue weighted by Crippen LogP contribution is 2.64.